The summed E-state index contributed by atoms with van der Waals surface area (Å²) in [6.07, 6.45) is 1.51. The van der Waals surface area contributed by atoms with Crippen LogP contribution in [0, 0.1) is 0 Å². The summed E-state index contributed by atoms with van der Waals surface area (Å²) >= 11 is 0. The van der Waals surface area contributed by atoms with Gasteiger partial charge in [-0.1, -0.05) is 80.1 Å². The summed E-state index contributed by atoms with van der Waals surface area (Å²) in [5.74, 6) is 1.12. The monoisotopic (exact) mass is 384 g/mol. The highest BCUT2D eigenvalue weighted by molar-refractivity contribution is 5.84. The summed E-state index contributed by atoms with van der Waals surface area (Å²) in [6.45, 7) is 2.08. The molecule has 1 aromatic heterocycles. The molecule has 3 nitrogen and oxygen atoms in total. The third kappa shape index (κ3) is 3.56. The van der Waals surface area contributed by atoms with Gasteiger partial charge in [0.2, 0.25) is 0 Å². The first-order valence-electron chi connectivity index (χ1n) is 9.97. The normalized spacial score (nSPS) is 11.1. The molecule has 29 heavy (non-hydrogen) atoms. The fraction of sp³-hybridized carbons (Fsp3) is 0.192. The molecule has 0 aliphatic heterocycles. The minimum absolute atomic E-state index is 0.00240. The van der Waals surface area contributed by atoms with Crippen molar-refractivity contribution in [3.63, 3.8) is 0 Å². The smallest absolute Gasteiger partial charge is 0.199 e. The molecule has 0 N–H and O–H groups in total. The molecule has 3 heteroatoms. The largest absolute Gasteiger partial charge is 0.496 e. The van der Waals surface area contributed by atoms with Gasteiger partial charge in [-0.15, -0.1) is 0 Å². The maximum atomic E-state index is 13.5. The Balaban J connectivity index is 2.06. The van der Waals surface area contributed by atoms with Crippen LogP contribution in [-0.4, -0.2) is 7.11 Å². The molecule has 0 aliphatic carbocycles. The molecule has 0 aliphatic rings. The second-order valence-electron chi connectivity index (χ2n) is 7.11. The van der Waals surface area contributed by atoms with E-state index in [1.807, 2.05) is 48.5 Å². The molecule has 0 saturated heterocycles. The van der Waals surface area contributed by atoms with Gasteiger partial charge in [-0.2, -0.15) is 0 Å². The van der Waals surface area contributed by atoms with Crippen LogP contribution in [0.25, 0.3) is 11.0 Å². The van der Waals surface area contributed by atoms with Crippen molar-refractivity contribution in [3.05, 3.63) is 112 Å². The summed E-state index contributed by atoms with van der Waals surface area (Å²) in [5.41, 5.74) is 3.48. The molecular formula is C26H24O3. The van der Waals surface area contributed by atoms with Crippen LogP contribution in [0.1, 0.15) is 41.7 Å². The summed E-state index contributed by atoms with van der Waals surface area (Å²) in [5, 5.41) is 0.516. The number of fused-ring (bicyclic) bond motifs is 1. The van der Waals surface area contributed by atoms with Gasteiger partial charge in [-0.25, -0.2) is 0 Å². The lowest BCUT2D eigenvalue weighted by Gasteiger charge is -2.21. The van der Waals surface area contributed by atoms with Gasteiger partial charge in [0.15, 0.2) is 5.43 Å². The van der Waals surface area contributed by atoms with E-state index in [1.165, 1.54) is 0 Å². The highest BCUT2D eigenvalue weighted by Gasteiger charge is 2.26. The van der Waals surface area contributed by atoms with Gasteiger partial charge in [-0.05, 0) is 29.7 Å². The minimum atomic E-state index is -0.151. The van der Waals surface area contributed by atoms with Crippen LogP contribution in [0.2, 0.25) is 0 Å². The van der Waals surface area contributed by atoms with E-state index in [0.717, 1.165) is 28.9 Å². The van der Waals surface area contributed by atoms with Crippen molar-refractivity contribution < 1.29 is 9.15 Å². The number of methoxy groups -OCH3 is 1. The molecule has 0 atom stereocenters. The molecule has 146 valence electrons. The Morgan fingerprint density at radius 1 is 0.862 bits per heavy atom. The van der Waals surface area contributed by atoms with Crippen LogP contribution in [-0.2, 0) is 6.42 Å². The number of hydrogen-bond acceptors (Lipinski definition) is 3. The Morgan fingerprint density at radius 3 is 2.03 bits per heavy atom. The molecule has 0 saturated carbocycles. The van der Waals surface area contributed by atoms with Crippen LogP contribution >= 0.6 is 0 Å². The second-order valence-corrected chi connectivity index (χ2v) is 7.11. The van der Waals surface area contributed by atoms with Gasteiger partial charge in [-0.3, -0.25) is 4.79 Å². The molecule has 4 rings (SSSR count). The molecule has 0 unspecified atom stereocenters. The molecular weight excluding hydrogens is 360 g/mol. The van der Waals surface area contributed by atoms with Crippen molar-refractivity contribution in [1.29, 1.82) is 0 Å². The number of benzene rings is 3. The summed E-state index contributed by atoms with van der Waals surface area (Å²) in [6, 6.07) is 25.9. The van der Waals surface area contributed by atoms with Gasteiger partial charge in [0, 0.05) is 5.56 Å². The molecule has 1 heterocycles. The van der Waals surface area contributed by atoms with Crippen molar-refractivity contribution in [1.82, 2.24) is 0 Å². The topological polar surface area (TPSA) is 39.4 Å². The van der Waals surface area contributed by atoms with Crippen LogP contribution < -0.4 is 10.2 Å². The maximum Gasteiger partial charge on any atom is 0.199 e. The van der Waals surface area contributed by atoms with Gasteiger partial charge in [0.05, 0.1) is 13.0 Å². The van der Waals surface area contributed by atoms with Gasteiger partial charge < -0.3 is 9.15 Å². The zero-order valence-electron chi connectivity index (χ0n) is 16.7. The number of hydrogen-bond donors (Lipinski definition) is 0. The lowest BCUT2D eigenvalue weighted by Crippen LogP contribution is -2.17. The molecule has 0 bridgehead atoms. The summed E-state index contributed by atoms with van der Waals surface area (Å²) in [7, 11) is 1.58. The average Bonchev–Trinajstić information content (AvgIpc) is 2.77. The van der Waals surface area contributed by atoms with Crippen LogP contribution in [0.15, 0.2) is 88.1 Å². The zero-order chi connectivity index (χ0) is 20.2. The van der Waals surface area contributed by atoms with Crippen molar-refractivity contribution in [3.8, 4) is 5.75 Å². The highest BCUT2D eigenvalue weighted by atomic mass is 16.5. The maximum absolute atomic E-state index is 13.5. The Bertz CT molecular complexity index is 1120. The summed E-state index contributed by atoms with van der Waals surface area (Å²) < 4.78 is 11.9. The van der Waals surface area contributed by atoms with E-state index >= 15 is 0 Å². The quantitative estimate of drug-likeness (QED) is 0.413. The van der Waals surface area contributed by atoms with E-state index in [2.05, 4.69) is 31.2 Å². The molecule has 0 fully saturated rings. The van der Waals surface area contributed by atoms with E-state index in [9.17, 15) is 4.79 Å². The minimum Gasteiger partial charge on any atom is -0.496 e. The Kier molecular flexibility index (Phi) is 5.48. The van der Waals surface area contributed by atoms with Crippen LogP contribution in [0.4, 0.5) is 0 Å². The molecule has 0 radical (unpaired) electrons. The predicted octanol–water partition coefficient (Wildman–Crippen LogP) is 5.93. The third-order valence-electron chi connectivity index (χ3n) is 5.25. The first-order chi connectivity index (χ1) is 14.2. The van der Waals surface area contributed by atoms with Gasteiger partial charge >= 0.3 is 0 Å². The second kappa shape index (κ2) is 8.36. The zero-order valence-corrected chi connectivity index (χ0v) is 16.7. The van der Waals surface area contributed by atoms with E-state index < -0.39 is 0 Å². The first-order valence-corrected chi connectivity index (χ1v) is 9.97. The standard InChI is InChI=1S/C26H24O3/c1-3-11-20-25(27)24-21(28-2)16-10-17-22(24)29-26(20)23(18-12-6-4-7-13-18)19-14-8-5-9-15-19/h4-10,12-17,23H,3,11H2,1-2H3. The third-order valence-corrected chi connectivity index (χ3v) is 5.25. The Hall–Kier alpha value is -3.33. The molecule has 0 amide bonds. The Morgan fingerprint density at radius 2 is 1.48 bits per heavy atom. The first kappa shape index (κ1) is 19.0. The predicted molar refractivity (Wildman–Crippen MR) is 117 cm³/mol. The van der Waals surface area contributed by atoms with Crippen LogP contribution in [0.3, 0.4) is 0 Å². The fourth-order valence-electron chi connectivity index (χ4n) is 3.94. The lowest BCUT2D eigenvalue weighted by atomic mass is 9.85. The van der Waals surface area contributed by atoms with Gasteiger partial charge in [0.25, 0.3) is 0 Å². The van der Waals surface area contributed by atoms with Crippen molar-refractivity contribution in [2.75, 3.05) is 7.11 Å². The summed E-state index contributed by atoms with van der Waals surface area (Å²) in [4.78, 5) is 13.5. The molecule has 4 aromatic rings. The molecule has 0 spiro atoms. The SMILES string of the molecule is CCCc1c(C(c2ccccc2)c2ccccc2)oc2cccc(OC)c2c1=O. The molecule has 3 aromatic carbocycles. The van der Waals surface area contributed by atoms with Crippen molar-refractivity contribution in [2.24, 2.45) is 0 Å². The van der Waals surface area contributed by atoms with Gasteiger partial charge in [0.1, 0.15) is 22.5 Å². The number of rotatable bonds is 6. The highest BCUT2D eigenvalue weighted by Crippen LogP contribution is 2.36. The Labute approximate surface area is 170 Å². The van der Waals surface area contributed by atoms with Crippen LogP contribution in [0.5, 0.6) is 5.75 Å². The fourth-order valence-corrected chi connectivity index (χ4v) is 3.94. The van der Waals surface area contributed by atoms with E-state index in [1.54, 1.807) is 13.2 Å². The van der Waals surface area contributed by atoms with E-state index in [-0.39, 0.29) is 11.3 Å². The van der Waals surface area contributed by atoms with Crippen molar-refractivity contribution >= 4 is 11.0 Å². The van der Waals surface area contributed by atoms with E-state index in [4.69, 9.17) is 9.15 Å². The average molecular weight is 384 g/mol. The van der Waals surface area contributed by atoms with Crippen molar-refractivity contribution in [2.45, 2.75) is 25.7 Å². The van der Waals surface area contributed by atoms with E-state index in [0.29, 0.717) is 23.1 Å². The number of ether oxygens (including phenoxy) is 1. The lowest BCUT2D eigenvalue weighted by molar-refractivity contribution is 0.418.